The van der Waals surface area contributed by atoms with E-state index in [1.165, 1.54) is 10.6 Å². The summed E-state index contributed by atoms with van der Waals surface area (Å²) in [5.74, 6) is 6.46. The fourth-order valence-corrected chi connectivity index (χ4v) is 6.03. The first-order valence-electron chi connectivity index (χ1n) is 12.1. The number of rotatable bonds is 5. The highest BCUT2D eigenvalue weighted by molar-refractivity contribution is 7.93. The summed E-state index contributed by atoms with van der Waals surface area (Å²) in [6.45, 7) is 0. The molecule has 1 aliphatic carbocycles. The zero-order valence-electron chi connectivity index (χ0n) is 19.9. The Morgan fingerprint density at radius 3 is 2.62 bits per heavy atom. The number of nitrogens with zero attached hydrogens (tertiary/aromatic N) is 3. The van der Waals surface area contributed by atoms with Crippen LogP contribution in [0.3, 0.4) is 0 Å². The molecule has 0 radical (unpaired) electrons. The number of aromatic nitrogens is 3. The van der Waals surface area contributed by atoms with Gasteiger partial charge in [0.25, 0.3) is 10.0 Å². The van der Waals surface area contributed by atoms with Gasteiger partial charge in [0.15, 0.2) is 5.82 Å². The van der Waals surface area contributed by atoms with Gasteiger partial charge in [-0.1, -0.05) is 36.5 Å². The van der Waals surface area contributed by atoms with Crippen molar-refractivity contribution in [2.75, 3.05) is 4.31 Å². The first-order valence-corrected chi connectivity index (χ1v) is 13.6. The minimum atomic E-state index is -4.04. The lowest BCUT2D eigenvalue weighted by Crippen LogP contribution is -2.27. The maximum absolute atomic E-state index is 14.1. The molecule has 0 spiro atoms. The highest BCUT2D eigenvalue weighted by Gasteiger charge is 2.30. The quantitative estimate of drug-likeness (QED) is 0.320. The van der Waals surface area contributed by atoms with Crippen molar-refractivity contribution in [3.8, 4) is 11.8 Å². The first kappa shape index (κ1) is 23.2. The average molecular weight is 509 g/mol. The van der Waals surface area contributed by atoms with Crippen molar-refractivity contribution in [2.24, 2.45) is 5.92 Å². The Morgan fingerprint density at radius 1 is 1.00 bits per heavy atom. The van der Waals surface area contributed by atoms with Crippen molar-refractivity contribution in [1.29, 1.82) is 0 Å². The van der Waals surface area contributed by atoms with E-state index in [1.54, 1.807) is 48.5 Å². The molecular formula is C29H24N4O3S. The summed E-state index contributed by atoms with van der Waals surface area (Å²) in [6.07, 6.45) is 5.62. The summed E-state index contributed by atoms with van der Waals surface area (Å²) in [7, 11) is -4.04. The molecule has 1 unspecified atom stereocenters. The molecule has 1 saturated carbocycles. The van der Waals surface area contributed by atoms with Crippen molar-refractivity contribution in [3.05, 3.63) is 90.9 Å². The molecule has 7 nitrogen and oxygen atoms in total. The van der Waals surface area contributed by atoms with E-state index in [0.717, 1.165) is 30.2 Å². The molecule has 0 amide bonds. The zero-order valence-corrected chi connectivity index (χ0v) is 20.7. The van der Waals surface area contributed by atoms with Crippen molar-refractivity contribution in [1.82, 2.24) is 15.0 Å². The molecule has 2 N–H and O–H groups in total. The Hall–Kier alpha value is -4.19. The van der Waals surface area contributed by atoms with Gasteiger partial charge in [-0.2, -0.15) is 0 Å². The van der Waals surface area contributed by atoms with E-state index in [-0.39, 0.29) is 16.6 Å². The summed E-state index contributed by atoms with van der Waals surface area (Å²) in [6, 6.07) is 21.0. The van der Waals surface area contributed by atoms with Gasteiger partial charge in [0.2, 0.25) is 0 Å². The molecule has 2 heterocycles. The van der Waals surface area contributed by atoms with E-state index in [0.29, 0.717) is 22.2 Å². The van der Waals surface area contributed by atoms with E-state index < -0.39 is 16.1 Å². The Bertz CT molecular complexity index is 1770. The summed E-state index contributed by atoms with van der Waals surface area (Å²) in [4.78, 5) is 12.1. The Balaban J connectivity index is 1.53. The number of aliphatic hydroxyl groups is 1. The molecule has 2 aromatic heterocycles. The number of benzene rings is 3. The van der Waals surface area contributed by atoms with Crippen LogP contribution in [0.25, 0.3) is 21.8 Å². The second kappa shape index (κ2) is 9.36. The summed E-state index contributed by atoms with van der Waals surface area (Å²) in [5.41, 5.74) is 2.59. The van der Waals surface area contributed by atoms with E-state index in [1.807, 2.05) is 30.5 Å². The second-order valence-corrected chi connectivity index (χ2v) is 11.0. The van der Waals surface area contributed by atoms with Crippen LogP contribution in [0.15, 0.2) is 90.2 Å². The van der Waals surface area contributed by atoms with Crippen LogP contribution >= 0.6 is 0 Å². The lowest BCUT2D eigenvalue weighted by molar-refractivity contribution is 0.108. The molecule has 37 heavy (non-hydrogen) atoms. The van der Waals surface area contributed by atoms with Gasteiger partial charge in [0.05, 0.1) is 16.1 Å². The van der Waals surface area contributed by atoms with E-state index in [2.05, 4.69) is 26.8 Å². The summed E-state index contributed by atoms with van der Waals surface area (Å²) >= 11 is 0. The molecule has 5 aromatic rings. The Morgan fingerprint density at radius 2 is 1.84 bits per heavy atom. The fraction of sp³-hybridized carbons (Fsp3) is 0.172. The molecule has 0 aliphatic heterocycles. The number of aromatic amines is 1. The minimum absolute atomic E-state index is 0.149. The summed E-state index contributed by atoms with van der Waals surface area (Å²) < 4.78 is 29.4. The van der Waals surface area contributed by atoms with E-state index in [9.17, 15) is 13.5 Å². The molecule has 1 fully saturated rings. The van der Waals surface area contributed by atoms with Crippen LogP contribution in [-0.2, 0) is 10.0 Å². The van der Waals surface area contributed by atoms with E-state index in [4.69, 9.17) is 0 Å². The van der Waals surface area contributed by atoms with Gasteiger partial charge in [-0.05, 0) is 73.4 Å². The maximum atomic E-state index is 14.1. The number of aliphatic hydroxyl groups excluding tert-OH is 1. The molecule has 0 bridgehead atoms. The molecule has 1 atom stereocenters. The predicted molar refractivity (Wildman–Crippen MR) is 144 cm³/mol. The molecule has 8 heteroatoms. The van der Waals surface area contributed by atoms with Gasteiger partial charge in [-0.3, -0.25) is 0 Å². The lowest BCUT2D eigenvalue weighted by Gasteiger charge is -2.27. The van der Waals surface area contributed by atoms with Gasteiger partial charge in [0.1, 0.15) is 12.4 Å². The monoisotopic (exact) mass is 508 g/mol. The molecule has 0 saturated heterocycles. The van der Waals surface area contributed by atoms with Gasteiger partial charge >= 0.3 is 0 Å². The number of hydrogen-bond donors (Lipinski definition) is 2. The normalized spacial score (nSPS) is 14.6. The Labute approximate surface area is 214 Å². The van der Waals surface area contributed by atoms with Crippen LogP contribution < -0.4 is 4.31 Å². The fourth-order valence-electron chi connectivity index (χ4n) is 4.55. The number of fused-ring (bicyclic) bond motifs is 2. The Kier molecular flexibility index (Phi) is 5.87. The highest BCUT2D eigenvalue weighted by Crippen LogP contribution is 2.36. The predicted octanol–water partition coefficient (Wildman–Crippen LogP) is 5.15. The van der Waals surface area contributed by atoms with Crippen molar-refractivity contribution in [3.63, 3.8) is 0 Å². The van der Waals surface area contributed by atoms with Crippen molar-refractivity contribution in [2.45, 2.75) is 30.3 Å². The SMILES string of the molecule is O=S(=O)(c1ccccc1)N(c1ccc2[nH]ccc2c1)c1ncnc2ccc(C#CC(O)C3CCC3)cc12. The average Bonchev–Trinajstić information content (AvgIpc) is 3.35. The van der Waals surface area contributed by atoms with Crippen molar-refractivity contribution >= 4 is 43.3 Å². The smallest absolute Gasteiger partial charge is 0.269 e. The third-order valence-electron chi connectivity index (χ3n) is 6.82. The second-order valence-electron chi connectivity index (χ2n) is 9.17. The largest absolute Gasteiger partial charge is 0.380 e. The van der Waals surface area contributed by atoms with Crippen LogP contribution in [0.2, 0.25) is 0 Å². The van der Waals surface area contributed by atoms with E-state index >= 15 is 0 Å². The van der Waals surface area contributed by atoms with Crippen LogP contribution in [-0.4, -0.2) is 34.6 Å². The van der Waals surface area contributed by atoms with Gasteiger partial charge in [-0.15, -0.1) is 0 Å². The minimum Gasteiger partial charge on any atom is -0.380 e. The molecule has 1 aliphatic rings. The van der Waals surface area contributed by atoms with Crippen LogP contribution in [0, 0.1) is 17.8 Å². The zero-order chi connectivity index (χ0) is 25.4. The molecule has 184 valence electrons. The van der Waals surface area contributed by atoms with Gasteiger partial charge < -0.3 is 10.1 Å². The molecular weight excluding hydrogens is 484 g/mol. The van der Waals surface area contributed by atoms with Crippen molar-refractivity contribution < 1.29 is 13.5 Å². The van der Waals surface area contributed by atoms with Crippen LogP contribution in [0.1, 0.15) is 24.8 Å². The number of sulfonamides is 1. The first-order chi connectivity index (χ1) is 18.0. The maximum Gasteiger partial charge on any atom is 0.269 e. The highest BCUT2D eigenvalue weighted by atomic mass is 32.2. The summed E-state index contributed by atoms with van der Waals surface area (Å²) in [5, 5.41) is 11.8. The van der Waals surface area contributed by atoms with Gasteiger partial charge in [0, 0.05) is 28.0 Å². The third-order valence-corrected chi connectivity index (χ3v) is 8.55. The number of hydrogen-bond acceptors (Lipinski definition) is 5. The lowest BCUT2D eigenvalue weighted by atomic mass is 9.81. The molecule has 3 aromatic carbocycles. The van der Waals surface area contributed by atoms with Crippen LogP contribution in [0.4, 0.5) is 11.5 Å². The topological polar surface area (TPSA) is 99.2 Å². The number of H-pyrrole nitrogens is 1. The van der Waals surface area contributed by atoms with Crippen LogP contribution in [0.5, 0.6) is 0 Å². The molecule has 6 rings (SSSR count). The third kappa shape index (κ3) is 4.33. The van der Waals surface area contributed by atoms with Gasteiger partial charge in [-0.25, -0.2) is 22.7 Å². The standard InChI is InChI=1S/C29H24N4O3S/c34-28(21-5-4-6-21)14-10-20-9-12-27-25(17-20)29(32-19-31-27)33(37(35,36)24-7-2-1-3-8-24)23-11-13-26-22(18-23)15-16-30-26/h1-3,7-9,11-13,15-19,21,28,30,34H,4-6H2. The number of nitrogens with one attached hydrogen (secondary N) is 1. The number of anilines is 2.